The van der Waals surface area contributed by atoms with E-state index in [0.29, 0.717) is 24.3 Å². The van der Waals surface area contributed by atoms with Crippen molar-refractivity contribution in [1.29, 1.82) is 5.26 Å². The van der Waals surface area contributed by atoms with Gasteiger partial charge in [0.2, 0.25) is 6.10 Å². The van der Waals surface area contributed by atoms with Gasteiger partial charge in [0.25, 0.3) is 0 Å². The van der Waals surface area contributed by atoms with Gasteiger partial charge in [-0.05, 0) is 30.7 Å². The number of hydrogen-bond donors (Lipinski definition) is 0. The molecule has 4 heteroatoms. The van der Waals surface area contributed by atoms with Crippen LogP contribution >= 0.6 is 0 Å². The third-order valence-corrected chi connectivity index (χ3v) is 7.29. The Morgan fingerprint density at radius 1 is 1.15 bits per heavy atom. The molecule has 4 unspecified atom stereocenters. The van der Waals surface area contributed by atoms with E-state index in [1.165, 1.54) is 0 Å². The summed E-state index contributed by atoms with van der Waals surface area (Å²) in [5.41, 5.74) is 1.60. The summed E-state index contributed by atoms with van der Waals surface area (Å²) in [6.45, 7) is 6.52. The molecular formula is C29H28NO3-. The molecule has 2 fully saturated rings. The number of nitrogens with zero attached hydrogens (tertiary/aromatic N) is 1. The van der Waals surface area contributed by atoms with Crippen molar-refractivity contribution in [3.8, 4) is 11.8 Å². The fourth-order valence-corrected chi connectivity index (χ4v) is 5.16. The van der Waals surface area contributed by atoms with Gasteiger partial charge in [-0.1, -0.05) is 85.4 Å². The zero-order chi connectivity index (χ0) is 23.1. The molecule has 0 bridgehead atoms. The van der Waals surface area contributed by atoms with E-state index < -0.39 is 11.5 Å². The van der Waals surface area contributed by atoms with Crippen molar-refractivity contribution in [2.75, 3.05) is 0 Å². The van der Waals surface area contributed by atoms with E-state index in [9.17, 15) is 10.1 Å². The van der Waals surface area contributed by atoms with Crippen LogP contribution in [0.25, 0.3) is 0 Å². The van der Waals surface area contributed by atoms with Gasteiger partial charge >= 0.3 is 5.97 Å². The average Bonchev–Trinajstić information content (AvgIpc) is 3.75. The van der Waals surface area contributed by atoms with Crippen molar-refractivity contribution in [2.45, 2.75) is 50.2 Å². The van der Waals surface area contributed by atoms with Crippen LogP contribution in [-0.4, -0.2) is 18.2 Å². The Morgan fingerprint density at radius 3 is 2.55 bits per heavy atom. The van der Waals surface area contributed by atoms with Crippen molar-refractivity contribution in [3.05, 3.63) is 96.4 Å². The minimum atomic E-state index is -0.984. The number of ether oxygens (including phenoxy) is 2. The molecule has 2 aromatic carbocycles. The van der Waals surface area contributed by atoms with E-state index in [2.05, 4.69) is 13.0 Å². The first-order chi connectivity index (χ1) is 16.0. The molecular weight excluding hydrogens is 410 g/mol. The zero-order valence-electron chi connectivity index (χ0n) is 18.9. The van der Waals surface area contributed by atoms with E-state index >= 15 is 0 Å². The van der Waals surface area contributed by atoms with Crippen molar-refractivity contribution < 1.29 is 14.3 Å². The Balaban J connectivity index is 1.37. The molecule has 0 amide bonds. The molecule has 2 saturated carbocycles. The molecule has 3 aliphatic carbocycles. The number of esters is 1. The van der Waals surface area contributed by atoms with Gasteiger partial charge in [-0.15, -0.1) is 5.41 Å². The largest absolute Gasteiger partial charge is 0.486 e. The lowest BCUT2D eigenvalue weighted by atomic mass is 9.83. The fraction of sp³-hybridized carbons (Fsp3) is 0.345. The van der Waals surface area contributed by atoms with E-state index in [-0.39, 0.29) is 17.5 Å². The second-order valence-corrected chi connectivity index (χ2v) is 9.57. The van der Waals surface area contributed by atoms with Crippen molar-refractivity contribution in [1.82, 2.24) is 0 Å². The number of para-hydroxylation sites is 1. The summed E-state index contributed by atoms with van der Waals surface area (Å²) in [6, 6.07) is 19.8. The van der Waals surface area contributed by atoms with Crippen LogP contribution in [0.2, 0.25) is 0 Å². The van der Waals surface area contributed by atoms with E-state index in [1.807, 2.05) is 79.7 Å². The molecule has 0 saturated heterocycles. The standard InChI is InChI=1S/C29H28NO3/c1-20-11-13-23(14-12-20)29(19-28(29,2)22-15-16-22)27(31)33-26(18-30)21-7-6-10-25(17-21)32-24-8-4-3-5-9-24/h3-9,11-14,17,22,25-26H,2,10,15-16,19H2,1H3/q-1. The fourth-order valence-electron chi connectivity index (χ4n) is 5.16. The normalized spacial score (nSPS) is 28.9. The lowest BCUT2D eigenvalue weighted by molar-refractivity contribution is -0.149. The monoisotopic (exact) mass is 438 g/mol. The maximum Gasteiger partial charge on any atom is 0.316 e. The number of nitriles is 1. The number of rotatable bonds is 7. The highest BCUT2D eigenvalue weighted by atomic mass is 16.5. The lowest BCUT2D eigenvalue weighted by Crippen LogP contribution is -2.34. The number of benzene rings is 2. The molecule has 5 rings (SSSR count). The number of carbonyl (C=O) groups is 1. The molecule has 168 valence electrons. The Labute approximate surface area is 195 Å². The predicted octanol–water partition coefficient (Wildman–Crippen LogP) is 5.64. The number of aryl methyl sites for hydroxylation is 1. The third-order valence-electron chi connectivity index (χ3n) is 7.29. The highest BCUT2D eigenvalue weighted by molar-refractivity contribution is 5.90. The quantitative estimate of drug-likeness (QED) is 0.415. The van der Waals surface area contributed by atoms with Crippen LogP contribution in [0.1, 0.15) is 36.8 Å². The van der Waals surface area contributed by atoms with Gasteiger partial charge in [0.15, 0.2) is 0 Å². The summed E-state index contributed by atoms with van der Waals surface area (Å²) in [4.78, 5) is 13.6. The highest BCUT2D eigenvalue weighted by Gasteiger charge is 2.70. The topological polar surface area (TPSA) is 59.3 Å². The van der Waals surface area contributed by atoms with Crippen molar-refractivity contribution >= 4 is 5.97 Å². The molecule has 0 aliphatic heterocycles. The summed E-state index contributed by atoms with van der Waals surface area (Å²) in [5.74, 6) is 0.853. The van der Waals surface area contributed by atoms with Gasteiger partial charge in [-0.3, -0.25) is 4.79 Å². The number of hydrogen-bond acceptors (Lipinski definition) is 4. The smallest absolute Gasteiger partial charge is 0.316 e. The van der Waals surface area contributed by atoms with E-state index in [0.717, 1.165) is 29.7 Å². The van der Waals surface area contributed by atoms with Crippen LogP contribution in [0.4, 0.5) is 0 Å². The molecule has 4 atom stereocenters. The Bertz CT molecular complexity index is 1140. The second kappa shape index (κ2) is 8.23. The summed E-state index contributed by atoms with van der Waals surface area (Å²) in [7, 11) is 0. The van der Waals surface area contributed by atoms with Crippen LogP contribution in [0.15, 0.2) is 78.4 Å². The molecule has 0 heterocycles. The Morgan fingerprint density at radius 2 is 1.88 bits per heavy atom. The van der Waals surface area contributed by atoms with Crippen LogP contribution in [0.5, 0.6) is 5.75 Å². The third kappa shape index (κ3) is 3.86. The first-order valence-corrected chi connectivity index (χ1v) is 11.6. The Kier molecular flexibility index (Phi) is 5.37. The molecule has 2 aromatic rings. The van der Waals surface area contributed by atoms with Crippen LogP contribution in [0, 0.1) is 36.5 Å². The van der Waals surface area contributed by atoms with Crippen LogP contribution in [0.3, 0.4) is 0 Å². The molecule has 3 aliphatic rings. The maximum atomic E-state index is 13.6. The molecule has 0 radical (unpaired) electrons. The summed E-state index contributed by atoms with van der Waals surface area (Å²) in [5, 5.41) is 9.89. The molecule has 0 N–H and O–H groups in total. The first kappa shape index (κ1) is 21.5. The van der Waals surface area contributed by atoms with Crippen molar-refractivity contribution in [2.24, 2.45) is 11.3 Å². The zero-order valence-corrected chi connectivity index (χ0v) is 18.9. The van der Waals surface area contributed by atoms with Gasteiger partial charge in [0.1, 0.15) is 17.9 Å². The summed E-state index contributed by atoms with van der Waals surface area (Å²) in [6.07, 6.45) is 8.06. The van der Waals surface area contributed by atoms with Crippen LogP contribution in [-0.2, 0) is 14.9 Å². The average molecular weight is 439 g/mol. The molecule has 0 aromatic heterocycles. The van der Waals surface area contributed by atoms with Gasteiger partial charge in [-0.2, -0.15) is 5.26 Å². The van der Waals surface area contributed by atoms with E-state index in [1.54, 1.807) is 0 Å². The Hall–Kier alpha value is -3.32. The molecule has 0 spiro atoms. The van der Waals surface area contributed by atoms with Crippen molar-refractivity contribution in [3.63, 3.8) is 0 Å². The SMILES string of the molecule is [CH2-]C1(C2CC2)CC1(C(=O)OC(C#N)C1=CC(Oc2ccccc2)CC=C1)c1ccc(C)cc1. The summed E-state index contributed by atoms with van der Waals surface area (Å²) < 4.78 is 11.9. The van der Waals surface area contributed by atoms with Gasteiger partial charge in [-0.25, -0.2) is 0 Å². The number of carbonyl (C=O) groups excluding carboxylic acids is 1. The van der Waals surface area contributed by atoms with Gasteiger partial charge < -0.3 is 16.4 Å². The van der Waals surface area contributed by atoms with E-state index in [4.69, 9.17) is 9.47 Å². The maximum absolute atomic E-state index is 13.6. The highest BCUT2D eigenvalue weighted by Crippen LogP contribution is 2.73. The van der Waals surface area contributed by atoms with Gasteiger partial charge in [0, 0.05) is 12.0 Å². The summed E-state index contributed by atoms with van der Waals surface area (Å²) >= 11 is 0. The molecule has 33 heavy (non-hydrogen) atoms. The molecule has 4 nitrogen and oxygen atoms in total. The minimum Gasteiger partial charge on any atom is -0.486 e. The second-order valence-electron chi connectivity index (χ2n) is 9.57. The lowest BCUT2D eigenvalue weighted by Gasteiger charge is -2.29. The minimum absolute atomic E-state index is 0.215. The van der Waals surface area contributed by atoms with Crippen LogP contribution < -0.4 is 4.74 Å². The first-order valence-electron chi connectivity index (χ1n) is 11.6. The van der Waals surface area contributed by atoms with Gasteiger partial charge in [0.05, 0.1) is 5.41 Å². The predicted molar refractivity (Wildman–Crippen MR) is 126 cm³/mol.